The first-order chi connectivity index (χ1) is 10.6. The largest absolute Gasteiger partial charge is 0.496 e. The maximum absolute atomic E-state index is 12.3. The van der Waals surface area contributed by atoms with Crippen LogP contribution < -0.4 is 15.8 Å². The predicted octanol–water partition coefficient (Wildman–Crippen LogP) is 2.92. The molecule has 122 valence electrons. The Hall–Kier alpha value is -1.55. The Balaban J connectivity index is 1.89. The monoisotopic (exact) mass is 304 g/mol. The molecule has 0 bridgehead atoms. The zero-order valence-corrected chi connectivity index (χ0v) is 13.8. The highest BCUT2D eigenvalue weighted by Crippen LogP contribution is 2.38. The number of carbonyl (C=O) groups is 1. The molecule has 1 aliphatic carbocycles. The smallest absolute Gasteiger partial charge is 0.220 e. The molecule has 1 aliphatic rings. The van der Waals surface area contributed by atoms with E-state index in [0.717, 1.165) is 29.7 Å². The number of methoxy groups -OCH3 is 1. The third-order valence-electron chi connectivity index (χ3n) is 4.84. The fourth-order valence-electron chi connectivity index (χ4n) is 3.33. The van der Waals surface area contributed by atoms with Crippen molar-refractivity contribution in [1.82, 2.24) is 5.32 Å². The second-order valence-electron chi connectivity index (χ2n) is 6.52. The lowest BCUT2D eigenvalue weighted by Crippen LogP contribution is -2.38. The maximum atomic E-state index is 12.3. The Labute approximate surface area is 133 Å². The molecular formula is C18H28N2O2. The van der Waals surface area contributed by atoms with Crippen LogP contribution in [0.4, 0.5) is 0 Å². The molecule has 4 nitrogen and oxygen atoms in total. The van der Waals surface area contributed by atoms with Gasteiger partial charge in [0.15, 0.2) is 0 Å². The lowest BCUT2D eigenvalue weighted by Gasteiger charge is -2.35. The zero-order chi connectivity index (χ0) is 16.0. The number of hydrogen-bond acceptors (Lipinski definition) is 3. The van der Waals surface area contributed by atoms with Crippen LogP contribution in [0.25, 0.3) is 0 Å². The summed E-state index contributed by atoms with van der Waals surface area (Å²) in [7, 11) is 1.67. The molecule has 1 saturated carbocycles. The van der Waals surface area contributed by atoms with Crippen molar-refractivity contribution in [2.45, 2.75) is 52.0 Å². The van der Waals surface area contributed by atoms with Gasteiger partial charge in [-0.2, -0.15) is 0 Å². The fraction of sp³-hybridized carbons (Fsp3) is 0.611. The third-order valence-corrected chi connectivity index (χ3v) is 4.84. The minimum atomic E-state index is 0.0211. The summed E-state index contributed by atoms with van der Waals surface area (Å²) < 4.78 is 5.32. The van der Waals surface area contributed by atoms with Gasteiger partial charge in [0.05, 0.1) is 7.11 Å². The quantitative estimate of drug-likeness (QED) is 0.849. The van der Waals surface area contributed by atoms with Gasteiger partial charge in [-0.1, -0.05) is 31.4 Å². The van der Waals surface area contributed by atoms with Gasteiger partial charge >= 0.3 is 0 Å². The highest BCUT2D eigenvalue weighted by molar-refractivity contribution is 5.76. The van der Waals surface area contributed by atoms with Crippen molar-refractivity contribution < 1.29 is 9.53 Å². The van der Waals surface area contributed by atoms with Crippen LogP contribution in [-0.2, 0) is 11.3 Å². The summed E-state index contributed by atoms with van der Waals surface area (Å²) in [5.74, 6) is 0.962. The van der Waals surface area contributed by atoms with Crippen LogP contribution in [0.2, 0.25) is 0 Å². The Morgan fingerprint density at radius 3 is 2.68 bits per heavy atom. The lowest BCUT2D eigenvalue weighted by molar-refractivity contribution is -0.124. The Morgan fingerprint density at radius 2 is 2.05 bits per heavy atom. The molecule has 0 aromatic heterocycles. The van der Waals surface area contributed by atoms with Gasteiger partial charge in [-0.25, -0.2) is 0 Å². The van der Waals surface area contributed by atoms with Crippen molar-refractivity contribution in [3.63, 3.8) is 0 Å². The van der Waals surface area contributed by atoms with Crippen molar-refractivity contribution >= 4 is 5.91 Å². The fourth-order valence-corrected chi connectivity index (χ4v) is 3.33. The molecule has 0 atom stereocenters. The number of amides is 1. The van der Waals surface area contributed by atoms with Gasteiger partial charge in [-0.3, -0.25) is 4.79 Å². The number of carbonyl (C=O) groups excluding carboxylic acids is 1. The number of nitrogens with one attached hydrogen (secondary N) is 1. The summed E-state index contributed by atoms with van der Waals surface area (Å²) in [5.41, 5.74) is 8.13. The Morgan fingerprint density at radius 1 is 1.32 bits per heavy atom. The minimum absolute atomic E-state index is 0.0211. The molecule has 4 heteroatoms. The van der Waals surface area contributed by atoms with Crippen LogP contribution in [0, 0.1) is 12.3 Å². The van der Waals surface area contributed by atoms with Gasteiger partial charge in [0, 0.05) is 13.0 Å². The molecule has 2 rings (SSSR count). The summed E-state index contributed by atoms with van der Waals surface area (Å²) >= 11 is 0. The molecule has 0 saturated heterocycles. The predicted molar refractivity (Wildman–Crippen MR) is 88.8 cm³/mol. The van der Waals surface area contributed by atoms with Gasteiger partial charge in [0.2, 0.25) is 5.91 Å². The topological polar surface area (TPSA) is 64.3 Å². The van der Waals surface area contributed by atoms with Gasteiger partial charge in [0.1, 0.15) is 5.75 Å². The number of nitrogens with two attached hydrogens (primary N) is 1. The number of ether oxygens (including phenoxy) is 1. The molecular weight excluding hydrogens is 276 g/mol. The molecule has 0 heterocycles. The summed E-state index contributed by atoms with van der Waals surface area (Å²) in [4.78, 5) is 12.3. The molecule has 1 aromatic rings. The van der Waals surface area contributed by atoms with Crippen LogP contribution in [0.1, 0.15) is 49.7 Å². The second-order valence-corrected chi connectivity index (χ2v) is 6.52. The Bertz CT molecular complexity index is 508. The molecule has 0 spiro atoms. The van der Waals surface area contributed by atoms with Crippen LogP contribution >= 0.6 is 0 Å². The van der Waals surface area contributed by atoms with Crippen LogP contribution in [0.3, 0.4) is 0 Å². The molecule has 22 heavy (non-hydrogen) atoms. The second kappa shape index (κ2) is 7.63. The highest BCUT2D eigenvalue weighted by atomic mass is 16.5. The first-order valence-corrected chi connectivity index (χ1v) is 8.19. The van der Waals surface area contributed by atoms with Crippen molar-refractivity contribution in [3.8, 4) is 5.75 Å². The van der Waals surface area contributed by atoms with E-state index in [9.17, 15) is 4.79 Å². The standard InChI is InChI=1S/C18H28N2O2/c1-14-6-7-15(10-16(14)22-2)12-20-17(21)11-18(13-19)8-4-3-5-9-18/h6-7,10H,3-5,8-9,11-13,19H2,1-2H3,(H,20,21). The molecule has 0 aliphatic heterocycles. The van der Waals surface area contributed by atoms with Crippen molar-refractivity contribution in [3.05, 3.63) is 29.3 Å². The Kier molecular flexibility index (Phi) is 5.83. The van der Waals surface area contributed by atoms with Gasteiger partial charge in [-0.15, -0.1) is 0 Å². The molecule has 0 unspecified atom stereocenters. The van der Waals surface area contributed by atoms with E-state index in [4.69, 9.17) is 10.5 Å². The molecule has 1 amide bonds. The van der Waals surface area contributed by atoms with Crippen molar-refractivity contribution in [2.75, 3.05) is 13.7 Å². The van der Waals surface area contributed by atoms with E-state index < -0.39 is 0 Å². The maximum Gasteiger partial charge on any atom is 0.220 e. The number of aryl methyl sites for hydroxylation is 1. The van der Waals surface area contributed by atoms with Crippen LogP contribution in [0.15, 0.2) is 18.2 Å². The molecule has 1 aromatic carbocycles. The number of rotatable bonds is 6. The van der Waals surface area contributed by atoms with E-state index in [-0.39, 0.29) is 11.3 Å². The van der Waals surface area contributed by atoms with Gasteiger partial charge in [-0.05, 0) is 48.9 Å². The number of benzene rings is 1. The van der Waals surface area contributed by atoms with E-state index in [0.29, 0.717) is 19.5 Å². The first kappa shape index (κ1) is 16.8. The highest BCUT2D eigenvalue weighted by Gasteiger charge is 2.32. The van der Waals surface area contributed by atoms with E-state index in [2.05, 4.69) is 5.32 Å². The number of hydrogen-bond donors (Lipinski definition) is 2. The van der Waals surface area contributed by atoms with Crippen LogP contribution in [0.5, 0.6) is 5.75 Å². The van der Waals surface area contributed by atoms with E-state index in [1.807, 2.05) is 25.1 Å². The minimum Gasteiger partial charge on any atom is -0.496 e. The average molecular weight is 304 g/mol. The first-order valence-electron chi connectivity index (χ1n) is 8.19. The summed E-state index contributed by atoms with van der Waals surface area (Å²) in [5, 5.41) is 3.03. The normalized spacial score (nSPS) is 17.0. The third kappa shape index (κ3) is 4.23. The molecule has 0 radical (unpaired) electrons. The summed E-state index contributed by atoms with van der Waals surface area (Å²) in [6.45, 7) is 3.16. The molecule has 3 N–H and O–H groups in total. The molecule has 1 fully saturated rings. The van der Waals surface area contributed by atoms with E-state index >= 15 is 0 Å². The van der Waals surface area contributed by atoms with Gasteiger partial charge < -0.3 is 15.8 Å². The summed E-state index contributed by atoms with van der Waals surface area (Å²) in [6.07, 6.45) is 6.36. The van der Waals surface area contributed by atoms with Gasteiger partial charge in [0.25, 0.3) is 0 Å². The average Bonchev–Trinajstić information content (AvgIpc) is 2.55. The summed E-state index contributed by atoms with van der Waals surface area (Å²) in [6, 6.07) is 6.02. The zero-order valence-electron chi connectivity index (χ0n) is 13.8. The lowest BCUT2D eigenvalue weighted by atomic mass is 9.71. The van der Waals surface area contributed by atoms with E-state index in [1.54, 1.807) is 7.11 Å². The SMILES string of the molecule is COc1cc(CNC(=O)CC2(CN)CCCCC2)ccc1C. The van der Waals surface area contributed by atoms with Crippen molar-refractivity contribution in [2.24, 2.45) is 11.1 Å². The van der Waals surface area contributed by atoms with E-state index in [1.165, 1.54) is 19.3 Å². The van der Waals surface area contributed by atoms with Crippen LogP contribution in [-0.4, -0.2) is 19.6 Å². The van der Waals surface area contributed by atoms with Crippen molar-refractivity contribution in [1.29, 1.82) is 0 Å².